The minimum Gasteiger partial charge on any atom is -0.388 e. The predicted molar refractivity (Wildman–Crippen MR) is 81.0 cm³/mol. The summed E-state index contributed by atoms with van der Waals surface area (Å²) in [4.78, 5) is 19.1. The van der Waals surface area contributed by atoms with Gasteiger partial charge in [-0.1, -0.05) is 35.8 Å². The molecule has 1 aromatic rings. The summed E-state index contributed by atoms with van der Waals surface area (Å²) in [6, 6.07) is 8.04. The molecule has 0 spiro atoms. The molecule has 0 aliphatic carbocycles. The lowest BCUT2D eigenvalue weighted by atomic mass is 10.3. The van der Waals surface area contributed by atoms with E-state index in [2.05, 4.69) is 21.2 Å². The van der Waals surface area contributed by atoms with Crippen LogP contribution in [0.3, 0.4) is 0 Å². The number of hydrogen-bond acceptors (Lipinski definition) is 3. The third-order valence-corrected chi connectivity index (χ3v) is 2.25. The van der Waals surface area contributed by atoms with Gasteiger partial charge in [0.25, 0.3) is 0 Å². The Hall–Kier alpha value is -1.16. The highest BCUT2D eigenvalue weighted by Crippen LogP contribution is 2.14. The normalized spacial score (nSPS) is 8.00. The zero-order valence-electron chi connectivity index (χ0n) is 11.3. The average Bonchev–Trinajstić information content (AvgIpc) is 2.42. The SMILES string of the molecule is CC.CNc1cccc(Br)c1.O=CCCCC=O. The molecule has 0 heterocycles. The van der Waals surface area contributed by atoms with Crippen molar-refractivity contribution in [3.63, 3.8) is 0 Å². The maximum absolute atomic E-state index is 9.56. The molecule has 0 aromatic heterocycles. The lowest BCUT2D eigenvalue weighted by Gasteiger charge is -1.97. The van der Waals surface area contributed by atoms with Gasteiger partial charge in [-0.25, -0.2) is 0 Å². The highest BCUT2D eigenvalue weighted by Gasteiger charge is 1.86. The van der Waals surface area contributed by atoms with Crippen LogP contribution in [0.5, 0.6) is 0 Å². The van der Waals surface area contributed by atoms with E-state index in [1.54, 1.807) is 0 Å². The van der Waals surface area contributed by atoms with Gasteiger partial charge in [0, 0.05) is 30.0 Å². The Morgan fingerprint density at radius 3 is 2.06 bits per heavy atom. The fourth-order valence-corrected chi connectivity index (χ4v) is 1.33. The monoisotopic (exact) mass is 315 g/mol. The van der Waals surface area contributed by atoms with Crippen LogP contribution in [0.15, 0.2) is 28.7 Å². The van der Waals surface area contributed by atoms with Gasteiger partial charge in [-0.3, -0.25) is 0 Å². The van der Waals surface area contributed by atoms with Crippen molar-refractivity contribution >= 4 is 34.2 Å². The van der Waals surface area contributed by atoms with Crippen LogP contribution in [0.4, 0.5) is 5.69 Å². The smallest absolute Gasteiger partial charge is 0.120 e. The maximum Gasteiger partial charge on any atom is 0.120 e. The van der Waals surface area contributed by atoms with Crippen molar-refractivity contribution in [1.82, 2.24) is 0 Å². The first kappa shape index (κ1) is 19.2. The second kappa shape index (κ2) is 15.8. The summed E-state index contributed by atoms with van der Waals surface area (Å²) < 4.78 is 1.11. The molecule has 0 bridgehead atoms. The Kier molecular flexibility index (Phi) is 16.9. The van der Waals surface area contributed by atoms with Gasteiger partial charge < -0.3 is 14.9 Å². The summed E-state index contributed by atoms with van der Waals surface area (Å²) in [5, 5.41) is 3.04. The summed E-state index contributed by atoms with van der Waals surface area (Å²) in [5.41, 5.74) is 1.13. The number of benzene rings is 1. The number of rotatable bonds is 5. The van der Waals surface area contributed by atoms with Gasteiger partial charge in [0.15, 0.2) is 0 Å². The van der Waals surface area contributed by atoms with Gasteiger partial charge in [-0.2, -0.15) is 0 Å². The molecule has 0 radical (unpaired) electrons. The molecular weight excluding hydrogens is 294 g/mol. The molecule has 0 saturated carbocycles. The molecule has 4 heteroatoms. The van der Waals surface area contributed by atoms with Crippen LogP contribution in [-0.2, 0) is 9.59 Å². The molecule has 0 unspecified atom stereocenters. The Bertz CT molecular complexity index is 308. The van der Waals surface area contributed by atoms with E-state index in [0.717, 1.165) is 22.7 Å². The topological polar surface area (TPSA) is 46.2 Å². The minimum absolute atomic E-state index is 0.513. The van der Waals surface area contributed by atoms with Crippen LogP contribution in [-0.4, -0.2) is 19.6 Å². The standard InChI is InChI=1S/C7H8BrN.C5H8O2.C2H6/c1-9-7-4-2-3-6(8)5-7;6-4-2-1-3-5-7;1-2/h2-5,9H,1H3;4-5H,1-3H2;1-2H3. The van der Waals surface area contributed by atoms with Crippen LogP contribution in [0, 0.1) is 0 Å². The molecule has 1 aromatic carbocycles. The molecule has 3 nitrogen and oxygen atoms in total. The lowest BCUT2D eigenvalue weighted by Crippen LogP contribution is -1.85. The minimum atomic E-state index is 0.513. The van der Waals surface area contributed by atoms with Gasteiger partial charge in [-0.05, 0) is 24.6 Å². The average molecular weight is 316 g/mol. The maximum atomic E-state index is 9.56. The number of halogens is 1. The van der Waals surface area contributed by atoms with Gasteiger partial charge in [0.2, 0.25) is 0 Å². The first-order chi connectivity index (χ1) is 8.74. The third-order valence-electron chi connectivity index (χ3n) is 1.76. The zero-order chi connectivity index (χ0) is 14.2. The van der Waals surface area contributed by atoms with Crippen molar-refractivity contribution in [1.29, 1.82) is 0 Å². The van der Waals surface area contributed by atoms with E-state index in [0.29, 0.717) is 19.3 Å². The van der Waals surface area contributed by atoms with Crippen molar-refractivity contribution in [3.8, 4) is 0 Å². The van der Waals surface area contributed by atoms with E-state index in [-0.39, 0.29) is 0 Å². The number of carbonyl (C=O) groups excluding carboxylic acids is 2. The first-order valence-corrected chi connectivity index (χ1v) is 6.84. The van der Waals surface area contributed by atoms with Crippen molar-refractivity contribution in [2.75, 3.05) is 12.4 Å². The molecule has 0 aliphatic rings. The van der Waals surface area contributed by atoms with Crippen LogP contribution in [0.1, 0.15) is 33.1 Å². The molecule has 0 amide bonds. The molecule has 0 atom stereocenters. The quantitative estimate of drug-likeness (QED) is 0.658. The molecule has 1 rings (SSSR count). The van der Waals surface area contributed by atoms with Crippen molar-refractivity contribution in [2.45, 2.75) is 33.1 Å². The summed E-state index contributed by atoms with van der Waals surface area (Å²) in [7, 11) is 1.90. The zero-order valence-corrected chi connectivity index (χ0v) is 12.9. The van der Waals surface area contributed by atoms with E-state index in [9.17, 15) is 9.59 Å². The summed E-state index contributed by atoms with van der Waals surface area (Å²) in [5.74, 6) is 0. The highest BCUT2D eigenvalue weighted by molar-refractivity contribution is 9.10. The second-order valence-electron chi connectivity index (χ2n) is 3.02. The van der Waals surface area contributed by atoms with Crippen LogP contribution < -0.4 is 5.32 Å². The number of anilines is 1. The summed E-state index contributed by atoms with van der Waals surface area (Å²) in [6.45, 7) is 4.00. The van der Waals surface area contributed by atoms with Crippen LogP contribution >= 0.6 is 15.9 Å². The summed E-state index contributed by atoms with van der Waals surface area (Å²) in [6.07, 6.45) is 3.37. The highest BCUT2D eigenvalue weighted by atomic mass is 79.9. The lowest BCUT2D eigenvalue weighted by molar-refractivity contribution is -0.108. The Balaban J connectivity index is 0. The van der Waals surface area contributed by atoms with E-state index in [1.807, 2.05) is 45.2 Å². The van der Waals surface area contributed by atoms with E-state index >= 15 is 0 Å². The largest absolute Gasteiger partial charge is 0.388 e. The van der Waals surface area contributed by atoms with E-state index < -0.39 is 0 Å². The Morgan fingerprint density at radius 2 is 1.72 bits per heavy atom. The van der Waals surface area contributed by atoms with Gasteiger partial charge in [-0.15, -0.1) is 0 Å². The van der Waals surface area contributed by atoms with Gasteiger partial charge in [0.05, 0.1) is 0 Å². The number of nitrogens with one attached hydrogen (secondary N) is 1. The molecule has 0 aliphatic heterocycles. The third kappa shape index (κ3) is 12.9. The predicted octanol–water partition coefficient (Wildman–Crippen LogP) is 4.07. The number of hydrogen-bond donors (Lipinski definition) is 1. The number of unbranched alkanes of at least 4 members (excludes halogenated alkanes) is 2. The van der Waals surface area contributed by atoms with Gasteiger partial charge in [0.1, 0.15) is 12.6 Å². The molecule has 0 fully saturated rings. The molecule has 0 saturated heterocycles. The number of carbonyl (C=O) groups is 2. The first-order valence-electron chi connectivity index (χ1n) is 6.05. The fraction of sp³-hybridized carbons (Fsp3) is 0.429. The van der Waals surface area contributed by atoms with Crippen molar-refractivity contribution in [2.24, 2.45) is 0 Å². The molecule has 102 valence electrons. The van der Waals surface area contributed by atoms with E-state index in [4.69, 9.17) is 0 Å². The van der Waals surface area contributed by atoms with Crippen LogP contribution in [0.2, 0.25) is 0 Å². The molecule has 18 heavy (non-hydrogen) atoms. The Morgan fingerprint density at radius 1 is 1.17 bits per heavy atom. The van der Waals surface area contributed by atoms with Crippen molar-refractivity contribution in [3.05, 3.63) is 28.7 Å². The van der Waals surface area contributed by atoms with Crippen molar-refractivity contribution < 1.29 is 9.59 Å². The van der Waals surface area contributed by atoms with Gasteiger partial charge >= 0.3 is 0 Å². The molecular formula is C14H22BrNO2. The number of aldehydes is 2. The van der Waals surface area contributed by atoms with E-state index in [1.165, 1.54) is 0 Å². The molecule has 1 N–H and O–H groups in total. The second-order valence-corrected chi connectivity index (χ2v) is 3.94. The van der Waals surface area contributed by atoms with Crippen LogP contribution in [0.25, 0.3) is 0 Å². The fourth-order valence-electron chi connectivity index (χ4n) is 0.929. The summed E-state index contributed by atoms with van der Waals surface area (Å²) >= 11 is 3.36. The Labute approximate surface area is 118 Å².